The standard InChI is InChI=1S/C17H19NO2S/c1-17(2,14-8-9-15(12-21)18-10-14)16(19)20-11-13-6-4-3-5-7-13/h3-10,21H,11-12H2,1-2H3. The van der Waals surface area contributed by atoms with E-state index in [1.807, 2.05) is 56.3 Å². The van der Waals surface area contributed by atoms with Crippen LogP contribution in [-0.4, -0.2) is 11.0 Å². The highest BCUT2D eigenvalue weighted by Gasteiger charge is 2.31. The first-order chi connectivity index (χ1) is 10.0. The van der Waals surface area contributed by atoms with E-state index in [-0.39, 0.29) is 12.6 Å². The van der Waals surface area contributed by atoms with Crippen molar-refractivity contribution >= 4 is 18.6 Å². The number of hydrogen-bond acceptors (Lipinski definition) is 4. The van der Waals surface area contributed by atoms with Gasteiger partial charge in [0.2, 0.25) is 0 Å². The molecule has 0 fully saturated rings. The topological polar surface area (TPSA) is 39.2 Å². The lowest BCUT2D eigenvalue weighted by molar-refractivity contribution is -0.150. The van der Waals surface area contributed by atoms with E-state index in [0.29, 0.717) is 5.75 Å². The van der Waals surface area contributed by atoms with Gasteiger partial charge in [-0.3, -0.25) is 9.78 Å². The normalized spacial score (nSPS) is 11.2. The maximum Gasteiger partial charge on any atom is 0.316 e. The summed E-state index contributed by atoms with van der Waals surface area (Å²) in [5.74, 6) is 0.325. The number of thiol groups is 1. The quantitative estimate of drug-likeness (QED) is 0.678. The Bertz CT molecular complexity index is 594. The maximum atomic E-state index is 12.3. The van der Waals surface area contributed by atoms with Gasteiger partial charge in [-0.2, -0.15) is 12.6 Å². The Balaban J connectivity index is 2.05. The first-order valence-corrected chi connectivity index (χ1v) is 7.44. The van der Waals surface area contributed by atoms with Crippen molar-refractivity contribution in [2.45, 2.75) is 31.6 Å². The number of carbonyl (C=O) groups excluding carboxylic acids is 1. The number of ether oxygens (including phenoxy) is 1. The number of esters is 1. The number of pyridine rings is 1. The summed E-state index contributed by atoms with van der Waals surface area (Å²) in [6.07, 6.45) is 1.72. The van der Waals surface area contributed by atoms with Gasteiger partial charge in [0.1, 0.15) is 6.61 Å². The van der Waals surface area contributed by atoms with E-state index < -0.39 is 5.41 Å². The lowest BCUT2D eigenvalue weighted by atomic mass is 9.86. The molecular formula is C17H19NO2S. The van der Waals surface area contributed by atoms with Crippen molar-refractivity contribution in [3.05, 3.63) is 65.5 Å². The van der Waals surface area contributed by atoms with Gasteiger partial charge in [0, 0.05) is 17.6 Å². The molecule has 0 N–H and O–H groups in total. The van der Waals surface area contributed by atoms with Crippen molar-refractivity contribution in [2.24, 2.45) is 0 Å². The Labute approximate surface area is 130 Å². The number of rotatable bonds is 5. The first-order valence-electron chi connectivity index (χ1n) is 6.81. The van der Waals surface area contributed by atoms with Crippen molar-refractivity contribution in [1.82, 2.24) is 4.98 Å². The molecule has 2 aromatic rings. The maximum absolute atomic E-state index is 12.3. The monoisotopic (exact) mass is 301 g/mol. The van der Waals surface area contributed by atoms with E-state index in [9.17, 15) is 4.79 Å². The molecule has 0 aliphatic heterocycles. The molecular weight excluding hydrogens is 282 g/mol. The van der Waals surface area contributed by atoms with E-state index in [1.54, 1.807) is 6.20 Å². The van der Waals surface area contributed by atoms with E-state index in [1.165, 1.54) is 0 Å². The molecule has 0 aliphatic carbocycles. The van der Waals surface area contributed by atoms with Crippen LogP contribution in [0.5, 0.6) is 0 Å². The Kier molecular flexibility index (Phi) is 5.02. The summed E-state index contributed by atoms with van der Waals surface area (Å²) in [4.78, 5) is 16.6. The lowest BCUT2D eigenvalue weighted by Crippen LogP contribution is -2.31. The van der Waals surface area contributed by atoms with Crippen LogP contribution in [0.15, 0.2) is 48.7 Å². The van der Waals surface area contributed by atoms with Gasteiger partial charge in [-0.1, -0.05) is 36.4 Å². The van der Waals surface area contributed by atoms with Crippen molar-refractivity contribution in [3.63, 3.8) is 0 Å². The number of nitrogens with zero attached hydrogens (tertiary/aromatic N) is 1. The van der Waals surface area contributed by atoms with Crippen LogP contribution in [-0.2, 0) is 27.3 Å². The van der Waals surface area contributed by atoms with Gasteiger partial charge in [-0.15, -0.1) is 0 Å². The smallest absolute Gasteiger partial charge is 0.316 e. The van der Waals surface area contributed by atoms with Crippen molar-refractivity contribution < 1.29 is 9.53 Å². The molecule has 3 nitrogen and oxygen atoms in total. The Morgan fingerprint density at radius 2 is 1.90 bits per heavy atom. The summed E-state index contributed by atoms with van der Waals surface area (Å²) < 4.78 is 5.42. The second-order valence-corrected chi connectivity index (χ2v) is 5.70. The second kappa shape index (κ2) is 6.76. The number of hydrogen-bond donors (Lipinski definition) is 1. The molecule has 1 heterocycles. The molecule has 0 unspecified atom stereocenters. The average Bonchev–Trinajstić information content (AvgIpc) is 2.53. The van der Waals surface area contributed by atoms with E-state index in [2.05, 4.69) is 17.6 Å². The molecule has 0 aliphatic rings. The van der Waals surface area contributed by atoms with E-state index in [4.69, 9.17) is 4.74 Å². The predicted octanol–water partition coefficient (Wildman–Crippen LogP) is 3.53. The molecule has 0 bridgehead atoms. The molecule has 21 heavy (non-hydrogen) atoms. The van der Waals surface area contributed by atoms with Crippen LogP contribution in [0.4, 0.5) is 0 Å². The third-order valence-electron chi connectivity index (χ3n) is 3.43. The largest absolute Gasteiger partial charge is 0.460 e. The van der Waals surface area contributed by atoms with Gasteiger partial charge in [-0.05, 0) is 31.0 Å². The fourth-order valence-electron chi connectivity index (χ4n) is 1.91. The van der Waals surface area contributed by atoms with Crippen LogP contribution in [0.1, 0.15) is 30.7 Å². The van der Waals surface area contributed by atoms with Gasteiger partial charge in [0.25, 0.3) is 0 Å². The summed E-state index contributed by atoms with van der Waals surface area (Å²) in [6, 6.07) is 13.4. The van der Waals surface area contributed by atoms with Gasteiger partial charge in [-0.25, -0.2) is 0 Å². The molecule has 0 spiro atoms. The highest BCUT2D eigenvalue weighted by atomic mass is 32.1. The zero-order chi connectivity index (χ0) is 15.3. The zero-order valence-electron chi connectivity index (χ0n) is 12.2. The molecule has 2 rings (SSSR count). The Morgan fingerprint density at radius 1 is 1.19 bits per heavy atom. The third-order valence-corrected chi connectivity index (χ3v) is 3.76. The van der Waals surface area contributed by atoms with Crippen molar-refractivity contribution in [1.29, 1.82) is 0 Å². The Hall–Kier alpha value is -1.81. The molecule has 0 saturated heterocycles. The van der Waals surface area contributed by atoms with Crippen LogP contribution < -0.4 is 0 Å². The molecule has 0 amide bonds. The summed E-state index contributed by atoms with van der Waals surface area (Å²) in [5, 5.41) is 0. The second-order valence-electron chi connectivity index (χ2n) is 5.38. The molecule has 0 radical (unpaired) electrons. The molecule has 0 atom stereocenters. The number of carbonyl (C=O) groups is 1. The summed E-state index contributed by atoms with van der Waals surface area (Å²) in [7, 11) is 0. The van der Waals surface area contributed by atoms with Gasteiger partial charge in [0.15, 0.2) is 0 Å². The van der Waals surface area contributed by atoms with Crippen molar-refractivity contribution in [2.75, 3.05) is 0 Å². The highest BCUT2D eigenvalue weighted by molar-refractivity contribution is 7.79. The highest BCUT2D eigenvalue weighted by Crippen LogP contribution is 2.25. The first kappa shape index (κ1) is 15.6. The summed E-state index contributed by atoms with van der Waals surface area (Å²) in [5.41, 5.74) is 1.98. The lowest BCUT2D eigenvalue weighted by Gasteiger charge is -2.23. The van der Waals surface area contributed by atoms with Crippen molar-refractivity contribution in [3.8, 4) is 0 Å². The molecule has 1 aromatic carbocycles. The minimum Gasteiger partial charge on any atom is -0.460 e. The number of aromatic nitrogens is 1. The molecule has 110 valence electrons. The fourth-order valence-corrected chi connectivity index (χ4v) is 2.10. The SMILES string of the molecule is CC(C)(C(=O)OCc1ccccc1)c1ccc(CS)nc1. The summed E-state index contributed by atoms with van der Waals surface area (Å²) in [6.45, 7) is 3.97. The minimum absolute atomic E-state index is 0.258. The molecule has 4 heteroatoms. The van der Waals surface area contributed by atoms with Crippen LogP contribution in [0, 0.1) is 0 Å². The average molecular weight is 301 g/mol. The number of benzene rings is 1. The molecule has 1 aromatic heterocycles. The third kappa shape index (κ3) is 3.85. The van der Waals surface area contributed by atoms with Gasteiger partial charge < -0.3 is 4.74 Å². The minimum atomic E-state index is -0.725. The van der Waals surface area contributed by atoms with Gasteiger partial charge >= 0.3 is 5.97 Å². The van der Waals surface area contributed by atoms with E-state index in [0.717, 1.165) is 16.8 Å². The summed E-state index contributed by atoms with van der Waals surface area (Å²) >= 11 is 4.18. The Morgan fingerprint density at radius 3 is 2.48 bits per heavy atom. The fraction of sp³-hybridized carbons (Fsp3) is 0.294. The van der Waals surface area contributed by atoms with Crippen LogP contribution in [0.3, 0.4) is 0 Å². The zero-order valence-corrected chi connectivity index (χ0v) is 13.1. The van der Waals surface area contributed by atoms with Crippen LogP contribution in [0.25, 0.3) is 0 Å². The van der Waals surface area contributed by atoms with Crippen LogP contribution in [0.2, 0.25) is 0 Å². The van der Waals surface area contributed by atoms with E-state index >= 15 is 0 Å². The van der Waals surface area contributed by atoms with Crippen LogP contribution >= 0.6 is 12.6 Å². The van der Waals surface area contributed by atoms with Gasteiger partial charge in [0.05, 0.1) is 5.41 Å². The molecule has 0 saturated carbocycles. The predicted molar refractivity (Wildman–Crippen MR) is 86.2 cm³/mol.